The Balaban J connectivity index is 1.61. The molecule has 0 bridgehead atoms. The number of aliphatic hydroxyl groups excluding tert-OH is 1. The molecule has 3 aromatic rings. The molecule has 0 aromatic heterocycles. The van der Waals surface area contributed by atoms with Crippen molar-refractivity contribution in [3.05, 3.63) is 95.6 Å². The molecule has 2 N–H and O–H groups in total. The van der Waals surface area contributed by atoms with Crippen LogP contribution in [-0.4, -0.2) is 64.1 Å². The van der Waals surface area contributed by atoms with Crippen LogP contribution in [0.2, 0.25) is 0 Å². The maximum absolute atomic E-state index is 10.6. The molecule has 34 heavy (non-hydrogen) atoms. The lowest BCUT2D eigenvalue weighted by Crippen LogP contribution is -2.36. The number of hydrogen-bond donors (Lipinski definition) is 2. The van der Waals surface area contributed by atoms with Crippen LogP contribution < -0.4 is 14.8 Å². The molecule has 0 amide bonds. The quantitative estimate of drug-likeness (QED) is 0.398. The molecule has 0 fully saturated rings. The van der Waals surface area contributed by atoms with Gasteiger partial charge < -0.3 is 29.5 Å². The third kappa shape index (κ3) is 7.30. The molecule has 0 unspecified atom stereocenters. The maximum atomic E-state index is 10.6. The molecule has 182 valence electrons. The third-order valence-electron chi connectivity index (χ3n) is 5.82. The summed E-state index contributed by atoms with van der Waals surface area (Å²) in [7, 11) is 7.42. The summed E-state index contributed by atoms with van der Waals surface area (Å²) in [6, 6.07) is 26.2. The monoisotopic (exact) mass is 464 g/mol. The van der Waals surface area contributed by atoms with Gasteiger partial charge in [0.2, 0.25) is 0 Å². The maximum Gasteiger partial charge on any atom is 0.118 e. The highest BCUT2D eigenvalue weighted by molar-refractivity contribution is 5.36. The molecule has 0 aliphatic heterocycles. The van der Waals surface area contributed by atoms with E-state index in [9.17, 15) is 5.11 Å². The summed E-state index contributed by atoms with van der Waals surface area (Å²) in [6.45, 7) is 1.37. The minimum Gasteiger partial charge on any atom is -0.497 e. The van der Waals surface area contributed by atoms with Crippen LogP contribution in [0.4, 0.5) is 0 Å². The fraction of sp³-hybridized carbons (Fsp3) is 0.357. The van der Waals surface area contributed by atoms with E-state index in [1.54, 1.807) is 14.2 Å². The Kier molecular flexibility index (Phi) is 9.91. The Hall–Kier alpha value is -2.90. The number of likely N-dealkylation sites (N-methyl/N-ethyl adjacent to an activating group) is 1. The van der Waals surface area contributed by atoms with E-state index in [0.29, 0.717) is 6.54 Å². The van der Waals surface area contributed by atoms with Crippen molar-refractivity contribution in [2.45, 2.75) is 18.2 Å². The summed E-state index contributed by atoms with van der Waals surface area (Å²) in [5.74, 6) is 1.57. The summed E-state index contributed by atoms with van der Waals surface area (Å²) in [6.07, 6.45) is -0.956. The third-order valence-corrected chi connectivity index (χ3v) is 5.82. The van der Waals surface area contributed by atoms with Gasteiger partial charge >= 0.3 is 0 Å². The molecule has 0 saturated heterocycles. The second kappa shape index (κ2) is 13.1. The molecular formula is C28H36N2O4. The minimum atomic E-state index is -0.641. The van der Waals surface area contributed by atoms with Gasteiger partial charge in [-0.3, -0.25) is 0 Å². The predicted molar refractivity (Wildman–Crippen MR) is 136 cm³/mol. The lowest BCUT2D eigenvalue weighted by Gasteiger charge is -2.26. The van der Waals surface area contributed by atoms with Gasteiger partial charge in [-0.05, 0) is 55.1 Å². The van der Waals surface area contributed by atoms with Crippen molar-refractivity contribution in [2.75, 3.05) is 48.0 Å². The van der Waals surface area contributed by atoms with Crippen LogP contribution >= 0.6 is 0 Å². The van der Waals surface area contributed by atoms with Crippen molar-refractivity contribution in [1.29, 1.82) is 0 Å². The van der Waals surface area contributed by atoms with Crippen LogP contribution in [0, 0.1) is 0 Å². The number of hydrogen-bond acceptors (Lipinski definition) is 6. The summed E-state index contributed by atoms with van der Waals surface area (Å²) in [5.41, 5.74) is 3.22. The lowest BCUT2D eigenvalue weighted by atomic mass is 10.0. The van der Waals surface area contributed by atoms with E-state index in [1.165, 1.54) is 5.56 Å². The van der Waals surface area contributed by atoms with E-state index in [-0.39, 0.29) is 18.8 Å². The second-order valence-electron chi connectivity index (χ2n) is 8.46. The van der Waals surface area contributed by atoms with Crippen molar-refractivity contribution in [2.24, 2.45) is 0 Å². The van der Waals surface area contributed by atoms with Crippen molar-refractivity contribution in [1.82, 2.24) is 10.2 Å². The van der Waals surface area contributed by atoms with E-state index in [4.69, 9.17) is 14.2 Å². The van der Waals surface area contributed by atoms with Gasteiger partial charge in [0.25, 0.3) is 0 Å². The highest BCUT2D eigenvalue weighted by Gasteiger charge is 2.18. The fourth-order valence-corrected chi connectivity index (χ4v) is 3.87. The lowest BCUT2D eigenvalue weighted by molar-refractivity contribution is 0.00615. The van der Waals surface area contributed by atoms with Crippen LogP contribution in [0.3, 0.4) is 0 Å². The van der Waals surface area contributed by atoms with Crippen LogP contribution in [0.25, 0.3) is 0 Å². The number of methoxy groups -OCH3 is 2. The summed E-state index contributed by atoms with van der Waals surface area (Å²) < 4.78 is 16.8. The predicted octanol–water partition coefficient (Wildman–Crippen LogP) is 4.06. The highest BCUT2D eigenvalue weighted by atomic mass is 16.5. The van der Waals surface area contributed by atoms with Gasteiger partial charge in [-0.1, -0.05) is 54.6 Å². The zero-order chi connectivity index (χ0) is 24.3. The number of rotatable bonds is 13. The normalized spacial score (nSPS) is 13.1. The van der Waals surface area contributed by atoms with E-state index in [0.717, 1.165) is 29.2 Å². The SMILES string of the molecule is COc1ccc(C(OC[C@@H](O)CNC[C@@H](c2ccccc2)N(C)C)c2ccc(OC)cc2)cc1. The second-order valence-corrected chi connectivity index (χ2v) is 8.46. The molecule has 2 atom stereocenters. The van der Waals surface area contributed by atoms with E-state index < -0.39 is 6.10 Å². The van der Waals surface area contributed by atoms with E-state index in [2.05, 4.69) is 36.4 Å². The van der Waals surface area contributed by atoms with Gasteiger partial charge in [0, 0.05) is 19.1 Å². The van der Waals surface area contributed by atoms with Gasteiger partial charge in [-0.2, -0.15) is 0 Å². The number of ether oxygens (including phenoxy) is 3. The fourth-order valence-electron chi connectivity index (χ4n) is 3.87. The number of aliphatic hydroxyl groups is 1. The zero-order valence-electron chi connectivity index (χ0n) is 20.5. The Morgan fingerprint density at radius 1 is 0.735 bits per heavy atom. The first-order chi connectivity index (χ1) is 16.5. The van der Waals surface area contributed by atoms with Gasteiger partial charge in [0.1, 0.15) is 17.6 Å². The van der Waals surface area contributed by atoms with Crippen LogP contribution in [0.15, 0.2) is 78.9 Å². The molecule has 0 heterocycles. The Bertz CT molecular complexity index is 914. The van der Waals surface area contributed by atoms with Gasteiger partial charge in [0.05, 0.1) is 26.9 Å². The topological polar surface area (TPSA) is 63.2 Å². The van der Waals surface area contributed by atoms with Crippen LogP contribution in [0.1, 0.15) is 28.8 Å². The smallest absolute Gasteiger partial charge is 0.118 e. The van der Waals surface area contributed by atoms with Crippen LogP contribution in [0.5, 0.6) is 11.5 Å². The molecule has 0 radical (unpaired) electrons. The number of nitrogens with one attached hydrogen (secondary N) is 1. The summed E-state index contributed by atoms with van der Waals surface area (Å²) in [4.78, 5) is 2.18. The summed E-state index contributed by atoms with van der Waals surface area (Å²) in [5, 5.41) is 14.0. The molecule has 0 aliphatic rings. The van der Waals surface area contributed by atoms with Gasteiger partial charge in [-0.15, -0.1) is 0 Å². The van der Waals surface area contributed by atoms with Crippen molar-refractivity contribution >= 4 is 0 Å². The molecule has 0 spiro atoms. The van der Waals surface area contributed by atoms with Gasteiger partial charge in [0.15, 0.2) is 0 Å². The van der Waals surface area contributed by atoms with Gasteiger partial charge in [-0.25, -0.2) is 0 Å². The Morgan fingerprint density at radius 3 is 1.74 bits per heavy atom. The Labute approximate surface area is 203 Å². The molecule has 6 nitrogen and oxygen atoms in total. The zero-order valence-corrected chi connectivity index (χ0v) is 20.5. The first-order valence-electron chi connectivity index (χ1n) is 11.5. The van der Waals surface area contributed by atoms with Crippen LogP contribution in [-0.2, 0) is 4.74 Å². The first kappa shape index (κ1) is 25.7. The summed E-state index contributed by atoms with van der Waals surface area (Å²) >= 11 is 0. The van der Waals surface area contributed by atoms with Crippen molar-refractivity contribution < 1.29 is 19.3 Å². The molecule has 0 saturated carbocycles. The minimum absolute atomic E-state index is 0.202. The molecule has 3 rings (SSSR count). The largest absolute Gasteiger partial charge is 0.497 e. The average Bonchev–Trinajstić information content (AvgIpc) is 2.87. The first-order valence-corrected chi connectivity index (χ1v) is 11.5. The van der Waals surface area contributed by atoms with E-state index >= 15 is 0 Å². The highest BCUT2D eigenvalue weighted by Crippen LogP contribution is 2.29. The van der Waals surface area contributed by atoms with Crippen molar-refractivity contribution in [3.63, 3.8) is 0 Å². The Morgan fingerprint density at radius 2 is 1.26 bits per heavy atom. The molecule has 6 heteroatoms. The van der Waals surface area contributed by atoms with E-state index in [1.807, 2.05) is 66.7 Å². The van der Waals surface area contributed by atoms with Crippen molar-refractivity contribution in [3.8, 4) is 11.5 Å². The number of nitrogens with zero attached hydrogens (tertiary/aromatic N) is 1. The standard InChI is InChI=1S/C28H36N2O4/c1-30(2)27(21-8-6-5-7-9-21)19-29-18-24(31)20-34-28(22-10-14-25(32-3)15-11-22)23-12-16-26(33-4)17-13-23/h5-17,24,27-29,31H,18-20H2,1-4H3/t24-,27-/m0/s1. The number of benzene rings is 3. The molecule has 3 aromatic carbocycles. The average molecular weight is 465 g/mol. The molecular weight excluding hydrogens is 428 g/mol. The molecule has 0 aliphatic carbocycles.